The highest BCUT2D eigenvalue weighted by Gasteiger charge is 2.39. The molecule has 0 spiro atoms. The molecule has 0 fully saturated rings. The average molecular weight is 257 g/mol. The van der Waals surface area contributed by atoms with Crippen LogP contribution >= 0.6 is 0 Å². The van der Waals surface area contributed by atoms with E-state index in [2.05, 4.69) is 58.1 Å². The Labute approximate surface area is 111 Å². The van der Waals surface area contributed by atoms with Crippen molar-refractivity contribution in [2.45, 2.75) is 38.9 Å². The topological polar surface area (TPSA) is 9.23 Å². The van der Waals surface area contributed by atoms with Crippen LogP contribution in [0.15, 0.2) is 36.4 Å². The van der Waals surface area contributed by atoms with Crippen molar-refractivity contribution in [2.24, 2.45) is 0 Å². The largest absolute Gasteiger partial charge is 0.543 e. The quantitative estimate of drug-likeness (QED) is 0.686. The number of fused-ring (bicyclic) bond motifs is 1. The van der Waals surface area contributed by atoms with Crippen molar-refractivity contribution in [3.05, 3.63) is 42.5 Å². The third kappa shape index (κ3) is 2.44. The van der Waals surface area contributed by atoms with E-state index in [1.165, 1.54) is 10.8 Å². The molecule has 0 aliphatic carbocycles. The molecule has 2 aromatic carbocycles. The molecule has 0 aliphatic heterocycles. The van der Waals surface area contributed by atoms with Crippen molar-refractivity contribution in [3.63, 3.8) is 0 Å². The normalized spacial score (nSPS) is 12.7. The molecule has 0 N–H and O–H groups in total. The molecule has 0 heterocycles. The first kappa shape index (κ1) is 13.2. The van der Waals surface area contributed by atoms with E-state index in [1.807, 2.05) is 18.2 Å². The third-order valence-corrected chi connectivity index (χ3v) is 8.19. The molecule has 0 saturated carbocycles. The van der Waals surface area contributed by atoms with Gasteiger partial charge in [-0.2, -0.15) is 0 Å². The Morgan fingerprint density at radius 3 is 2.39 bits per heavy atom. The Bertz CT molecular complexity index is 547. The van der Waals surface area contributed by atoms with Crippen LogP contribution in [0.3, 0.4) is 0 Å². The zero-order chi connectivity index (χ0) is 13.4. The lowest BCUT2D eigenvalue weighted by Gasteiger charge is -2.36. The maximum absolute atomic E-state index is 6.39. The van der Waals surface area contributed by atoms with Gasteiger partial charge in [-0.15, -0.1) is 0 Å². The van der Waals surface area contributed by atoms with E-state index in [9.17, 15) is 0 Å². The molecule has 0 aromatic heterocycles. The summed E-state index contributed by atoms with van der Waals surface area (Å²) in [5.41, 5.74) is 0. The maximum Gasteiger partial charge on any atom is 0.250 e. The molecule has 1 nitrogen and oxygen atoms in total. The first-order valence-corrected chi connectivity index (χ1v) is 9.30. The van der Waals surface area contributed by atoms with Crippen LogP contribution < -0.4 is 4.43 Å². The van der Waals surface area contributed by atoms with Crippen LogP contribution in [0.1, 0.15) is 20.8 Å². The maximum atomic E-state index is 6.39. The van der Waals surface area contributed by atoms with Crippen molar-refractivity contribution in [1.29, 1.82) is 0 Å². The third-order valence-electron chi connectivity index (χ3n) is 3.85. The second kappa shape index (κ2) is 4.43. The van der Waals surface area contributed by atoms with E-state index < -0.39 is 8.32 Å². The molecule has 0 aliphatic rings. The molecular formula is C16H21OSi. The van der Waals surface area contributed by atoms with Crippen molar-refractivity contribution < 1.29 is 4.43 Å². The van der Waals surface area contributed by atoms with Gasteiger partial charge in [-0.3, -0.25) is 0 Å². The Balaban J connectivity index is 2.44. The van der Waals surface area contributed by atoms with Crippen LogP contribution in [0.25, 0.3) is 10.8 Å². The van der Waals surface area contributed by atoms with Crippen molar-refractivity contribution in [3.8, 4) is 5.75 Å². The van der Waals surface area contributed by atoms with Crippen molar-refractivity contribution in [1.82, 2.24) is 0 Å². The van der Waals surface area contributed by atoms with Gasteiger partial charge in [0, 0.05) is 5.39 Å². The molecule has 2 aromatic rings. The zero-order valence-electron chi connectivity index (χ0n) is 11.9. The van der Waals surface area contributed by atoms with E-state index in [1.54, 1.807) is 0 Å². The smallest absolute Gasteiger partial charge is 0.250 e. The van der Waals surface area contributed by atoms with Crippen LogP contribution in [0.5, 0.6) is 5.75 Å². The molecule has 1 radical (unpaired) electrons. The summed E-state index contributed by atoms with van der Waals surface area (Å²) in [5.74, 6) is 0.972. The summed E-state index contributed by atoms with van der Waals surface area (Å²) < 4.78 is 6.39. The summed E-state index contributed by atoms with van der Waals surface area (Å²) in [6, 6.07) is 15.5. The Morgan fingerprint density at radius 1 is 1.06 bits per heavy atom. The monoisotopic (exact) mass is 257 g/mol. The molecule has 2 rings (SSSR count). The molecule has 0 unspecified atom stereocenters. The van der Waals surface area contributed by atoms with E-state index in [0.717, 1.165) is 5.75 Å². The summed E-state index contributed by atoms with van der Waals surface area (Å²) in [4.78, 5) is 0. The molecule has 2 heteroatoms. The second-order valence-corrected chi connectivity index (χ2v) is 11.0. The van der Waals surface area contributed by atoms with Crippen molar-refractivity contribution >= 4 is 19.1 Å². The van der Waals surface area contributed by atoms with Gasteiger partial charge in [0.1, 0.15) is 5.75 Å². The van der Waals surface area contributed by atoms with Crippen LogP contribution in [-0.4, -0.2) is 8.32 Å². The SMILES string of the molecule is CC(C)(C)[Si](C)(C)Oc1c[c]cc2ccccc12. The lowest BCUT2D eigenvalue weighted by atomic mass is 10.1. The minimum atomic E-state index is -1.78. The highest BCUT2D eigenvalue weighted by Crippen LogP contribution is 2.38. The Morgan fingerprint density at radius 2 is 1.72 bits per heavy atom. The van der Waals surface area contributed by atoms with Crippen LogP contribution in [0.4, 0.5) is 0 Å². The van der Waals surface area contributed by atoms with Gasteiger partial charge < -0.3 is 4.43 Å². The van der Waals surface area contributed by atoms with Crippen LogP contribution in [-0.2, 0) is 0 Å². The number of hydrogen-bond acceptors (Lipinski definition) is 1. The minimum absolute atomic E-state index is 0.212. The van der Waals surface area contributed by atoms with Crippen molar-refractivity contribution in [2.75, 3.05) is 0 Å². The summed E-state index contributed by atoms with van der Waals surface area (Å²) in [6.45, 7) is 11.3. The van der Waals surface area contributed by atoms with E-state index in [0.29, 0.717) is 0 Å². The van der Waals surface area contributed by atoms with Gasteiger partial charge in [-0.05, 0) is 41.7 Å². The number of hydrogen-bond donors (Lipinski definition) is 0. The summed E-state index contributed by atoms with van der Waals surface area (Å²) in [7, 11) is -1.78. The first-order valence-electron chi connectivity index (χ1n) is 6.39. The standard InChI is InChI=1S/C16H21OSi/c1-16(2,3)18(4,5)17-15-12-8-10-13-9-6-7-11-14(13)15/h6-7,9-12H,1-5H3. The lowest BCUT2D eigenvalue weighted by molar-refractivity contribution is 0.496. The minimum Gasteiger partial charge on any atom is -0.543 e. The molecule has 18 heavy (non-hydrogen) atoms. The molecule has 0 bridgehead atoms. The highest BCUT2D eigenvalue weighted by atomic mass is 28.4. The van der Waals surface area contributed by atoms with Crippen LogP contribution in [0.2, 0.25) is 18.1 Å². The zero-order valence-corrected chi connectivity index (χ0v) is 12.9. The molecule has 95 valence electrons. The van der Waals surface area contributed by atoms with Gasteiger partial charge in [0.25, 0.3) is 8.32 Å². The number of benzene rings is 2. The average Bonchev–Trinajstić information content (AvgIpc) is 2.27. The van der Waals surface area contributed by atoms with Gasteiger partial charge >= 0.3 is 0 Å². The highest BCUT2D eigenvalue weighted by molar-refractivity contribution is 6.74. The predicted octanol–water partition coefficient (Wildman–Crippen LogP) is 5.02. The first-order chi connectivity index (χ1) is 8.31. The van der Waals surface area contributed by atoms with E-state index in [4.69, 9.17) is 4.43 Å². The fourth-order valence-corrected chi connectivity index (χ4v) is 2.67. The molecule has 0 atom stereocenters. The summed E-state index contributed by atoms with van der Waals surface area (Å²) in [6.07, 6.45) is 0. The van der Waals surface area contributed by atoms with Gasteiger partial charge in [-0.25, -0.2) is 0 Å². The molecule has 0 amide bonds. The molecule has 0 saturated heterocycles. The Hall–Kier alpha value is -1.28. The number of rotatable bonds is 2. The molecular weight excluding hydrogens is 236 g/mol. The van der Waals surface area contributed by atoms with Gasteiger partial charge in [-0.1, -0.05) is 45.0 Å². The lowest BCUT2D eigenvalue weighted by Crippen LogP contribution is -2.43. The summed E-state index contributed by atoms with van der Waals surface area (Å²) in [5, 5.41) is 2.58. The van der Waals surface area contributed by atoms with Gasteiger partial charge in [0.2, 0.25) is 0 Å². The van der Waals surface area contributed by atoms with Gasteiger partial charge in [0.15, 0.2) is 0 Å². The second-order valence-electron chi connectivity index (χ2n) is 6.27. The van der Waals surface area contributed by atoms with Gasteiger partial charge in [0.05, 0.1) is 0 Å². The fraction of sp³-hybridized carbons (Fsp3) is 0.375. The van der Waals surface area contributed by atoms with E-state index >= 15 is 0 Å². The van der Waals surface area contributed by atoms with Crippen LogP contribution in [0, 0.1) is 6.07 Å². The predicted molar refractivity (Wildman–Crippen MR) is 80.6 cm³/mol. The fourth-order valence-electron chi connectivity index (χ4n) is 1.64. The van der Waals surface area contributed by atoms with E-state index in [-0.39, 0.29) is 5.04 Å². The summed E-state index contributed by atoms with van der Waals surface area (Å²) >= 11 is 0. The Kier molecular flexibility index (Phi) is 3.24.